The molecular weight excluding hydrogens is 320 g/mol. The lowest BCUT2D eigenvalue weighted by Gasteiger charge is -2.26. The average Bonchev–Trinajstić information content (AvgIpc) is 3.30. The number of nitrogens with zero attached hydrogens (tertiary/aromatic N) is 2. The molecule has 5 heteroatoms. The van der Waals surface area contributed by atoms with E-state index in [9.17, 15) is 9.59 Å². The van der Waals surface area contributed by atoms with Crippen molar-refractivity contribution in [2.45, 2.75) is 51.4 Å². The molecule has 0 aromatic carbocycles. The van der Waals surface area contributed by atoms with Gasteiger partial charge in [0.15, 0.2) is 0 Å². The Labute approximate surface area is 147 Å². The van der Waals surface area contributed by atoms with Crippen LogP contribution in [0.15, 0.2) is 6.07 Å². The van der Waals surface area contributed by atoms with Crippen LogP contribution >= 0.6 is 11.3 Å². The van der Waals surface area contributed by atoms with Gasteiger partial charge in [0.2, 0.25) is 5.91 Å². The zero-order chi connectivity index (χ0) is 16.5. The number of carbonyl (C=O) groups excluding carboxylic acids is 2. The number of rotatable bonds is 2. The molecule has 1 aliphatic carbocycles. The summed E-state index contributed by atoms with van der Waals surface area (Å²) in [4.78, 5) is 31.6. The van der Waals surface area contributed by atoms with Crippen LogP contribution < -0.4 is 0 Å². The van der Waals surface area contributed by atoms with E-state index in [0.29, 0.717) is 5.91 Å². The lowest BCUT2D eigenvalue weighted by Crippen LogP contribution is -2.36. The predicted octanol–water partition coefficient (Wildman–Crippen LogP) is 3.10. The van der Waals surface area contributed by atoms with Gasteiger partial charge in [-0.05, 0) is 63.0 Å². The average molecular weight is 346 g/mol. The lowest BCUT2D eigenvalue weighted by atomic mass is 9.87. The fraction of sp³-hybridized carbons (Fsp3) is 0.684. The summed E-state index contributed by atoms with van der Waals surface area (Å²) >= 11 is 1.67. The molecule has 0 saturated carbocycles. The van der Waals surface area contributed by atoms with Gasteiger partial charge in [-0.2, -0.15) is 0 Å². The number of thiophene rings is 1. The maximum atomic E-state index is 12.7. The summed E-state index contributed by atoms with van der Waals surface area (Å²) in [6, 6.07) is 2.08. The number of carbonyl (C=O) groups is 2. The number of hydrogen-bond donors (Lipinski definition) is 0. The molecule has 1 aromatic heterocycles. The van der Waals surface area contributed by atoms with Gasteiger partial charge in [0.05, 0.1) is 4.88 Å². The topological polar surface area (TPSA) is 40.6 Å². The molecule has 0 radical (unpaired) electrons. The number of fused-ring (bicyclic) bond motifs is 1. The normalized spacial score (nSPS) is 24.1. The van der Waals surface area contributed by atoms with Crippen LogP contribution in [-0.2, 0) is 17.6 Å². The fourth-order valence-corrected chi connectivity index (χ4v) is 5.46. The van der Waals surface area contributed by atoms with Crippen molar-refractivity contribution >= 4 is 23.2 Å². The molecule has 24 heavy (non-hydrogen) atoms. The molecule has 2 amide bonds. The standard InChI is InChI=1S/C19H26N2O2S/c22-18(20-10-4-5-11-20)14-6-7-16-15(12-14)13-17(24-16)19(23)21-8-2-1-3-9-21/h13-14H,1-12H2. The third-order valence-electron chi connectivity index (χ3n) is 5.70. The van der Waals surface area contributed by atoms with Gasteiger partial charge in [0, 0.05) is 37.0 Å². The van der Waals surface area contributed by atoms with E-state index >= 15 is 0 Å². The smallest absolute Gasteiger partial charge is 0.263 e. The summed E-state index contributed by atoms with van der Waals surface area (Å²) < 4.78 is 0. The Morgan fingerprint density at radius 1 is 0.958 bits per heavy atom. The summed E-state index contributed by atoms with van der Waals surface area (Å²) in [5, 5.41) is 0. The highest BCUT2D eigenvalue weighted by Gasteiger charge is 2.31. The molecule has 0 bridgehead atoms. The molecule has 2 saturated heterocycles. The van der Waals surface area contributed by atoms with E-state index in [1.54, 1.807) is 11.3 Å². The van der Waals surface area contributed by atoms with Crippen LogP contribution in [0, 0.1) is 5.92 Å². The van der Waals surface area contributed by atoms with E-state index in [0.717, 1.165) is 76.0 Å². The molecule has 1 unspecified atom stereocenters. The highest BCUT2D eigenvalue weighted by atomic mass is 32.1. The molecule has 4 rings (SSSR count). The highest BCUT2D eigenvalue weighted by molar-refractivity contribution is 7.14. The molecule has 130 valence electrons. The Hall–Kier alpha value is -1.36. The largest absolute Gasteiger partial charge is 0.342 e. The minimum Gasteiger partial charge on any atom is -0.342 e. The molecule has 4 nitrogen and oxygen atoms in total. The Bertz CT molecular complexity index is 627. The van der Waals surface area contributed by atoms with Crippen molar-refractivity contribution in [3.8, 4) is 0 Å². The second-order valence-corrected chi connectivity index (χ2v) is 8.52. The lowest BCUT2D eigenvalue weighted by molar-refractivity contribution is -0.134. The van der Waals surface area contributed by atoms with E-state index in [1.807, 2.05) is 9.80 Å². The molecule has 3 heterocycles. The van der Waals surface area contributed by atoms with Crippen molar-refractivity contribution in [2.24, 2.45) is 5.92 Å². The Morgan fingerprint density at radius 3 is 2.38 bits per heavy atom. The molecular formula is C19H26N2O2S. The van der Waals surface area contributed by atoms with Gasteiger partial charge in [-0.3, -0.25) is 9.59 Å². The monoisotopic (exact) mass is 346 g/mol. The summed E-state index contributed by atoms with van der Waals surface area (Å²) in [6.45, 7) is 3.67. The third-order valence-corrected chi connectivity index (χ3v) is 6.93. The molecule has 2 fully saturated rings. The second-order valence-electron chi connectivity index (χ2n) is 7.38. The molecule has 1 aromatic rings. The van der Waals surface area contributed by atoms with Crippen molar-refractivity contribution in [1.82, 2.24) is 9.80 Å². The zero-order valence-electron chi connectivity index (χ0n) is 14.3. The first-order valence-electron chi connectivity index (χ1n) is 9.42. The zero-order valence-corrected chi connectivity index (χ0v) is 15.1. The van der Waals surface area contributed by atoms with Crippen molar-refractivity contribution < 1.29 is 9.59 Å². The number of likely N-dealkylation sites (tertiary alicyclic amines) is 2. The van der Waals surface area contributed by atoms with Gasteiger partial charge in [0.25, 0.3) is 5.91 Å². The van der Waals surface area contributed by atoms with Crippen LogP contribution in [0.4, 0.5) is 0 Å². The van der Waals surface area contributed by atoms with Crippen LogP contribution in [-0.4, -0.2) is 47.8 Å². The molecule has 3 aliphatic rings. The first-order chi connectivity index (χ1) is 11.7. The third kappa shape index (κ3) is 3.10. The van der Waals surface area contributed by atoms with Crippen molar-refractivity contribution in [3.05, 3.63) is 21.4 Å². The number of piperidine rings is 1. The minimum atomic E-state index is 0.128. The van der Waals surface area contributed by atoms with Gasteiger partial charge in [-0.25, -0.2) is 0 Å². The van der Waals surface area contributed by atoms with Crippen molar-refractivity contribution in [1.29, 1.82) is 0 Å². The van der Waals surface area contributed by atoms with Crippen LogP contribution in [0.5, 0.6) is 0 Å². The first kappa shape index (κ1) is 16.1. The van der Waals surface area contributed by atoms with Gasteiger partial charge in [0.1, 0.15) is 0 Å². The molecule has 2 aliphatic heterocycles. The predicted molar refractivity (Wildman–Crippen MR) is 95.4 cm³/mol. The molecule has 1 atom stereocenters. The quantitative estimate of drug-likeness (QED) is 0.826. The van der Waals surface area contributed by atoms with Gasteiger partial charge in [-0.1, -0.05) is 0 Å². The van der Waals surface area contributed by atoms with Gasteiger partial charge < -0.3 is 9.80 Å². The van der Waals surface area contributed by atoms with Crippen LogP contribution in [0.2, 0.25) is 0 Å². The van der Waals surface area contributed by atoms with Crippen molar-refractivity contribution in [2.75, 3.05) is 26.2 Å². The van der Waals surface area contributed by atoms with Crippen LogP contribution in [0.3, 0.4) is 0 Å². The summed E-state index contributed by atoms with van der Waals surface area (Å²) in [7, 11) is 0. The number of aryl methyl sites for hydroxylation is 1. The second kappa shape index (κ2) is 6.87. The maximum Gasteiger partial charge on any atom is 0.263 e. The fourth-order valence-electron chi connectivity index (χ4n) is 4.29. The first-order valence-corrected chi connectivity index (χ1v) is 10.2. The SMILES string of the molecule is O=C(c1cc2c(s1)CCC(C(=O)N1CCCC1)C2)N1CCCCC1. The molecule has 0 spiro atoms. The summed E-state index contributed by atoms with van der Waals surface area (Å²) in [5.74, 6) is 0.674. The van der Waals surface area contributed by atoms with Crippen molar-refractivity contribution in [3.63, 3.8) is 0 Å². The highest BCUT2D eigenvalue weighted by Crippen LogP contribution is 2.34. The molecule has 0 N–H and O–H groups in total. The van der Waals surface area contributed by atoms with E-state index in [-0.39, 0.29) is 11.8 Å². The van der Waals surface area contributed by atoms with E-state index in [4.69, 9.17) is 0 Å². The van der Waals surface area contributed by atoms with Gasteiger partial charge in [-0.15, -0.1) is 11.3 Å². The van der Waals surface area contributed by atoms with Gasteiger partial charge >= 0.3 is 0 Å². The van der Waals surface area contributed by atoms with E-state index in [1.165, 1.54) is 16.9 Å². The van der Waals surface area contributed by atoms with Crippen LogP contribution in [0.1, 0.15) is 58.6 Å². The summed E-state index contributed by atoms with van der Waals surface area (Å²) in [5.41, 5.74) is 1.25. The summed E-state index contributed by atoms with van der Waals surface area (Å²) in [6.07, 6.45) is 8.52. The Morgan fingerprint density at radius 2 is 1.62 bits per heavy atom. The number of hydrogen-bond acceptors (Lipinski definition) is 3. The number of amides is 2. The maximum absolute atomic E-state index is 12.7. The Kier molecular flexibility index (Phi) is 4.61. The Balaban J connectivity index is 1.45. The van der Waals surface area contributed by atoms with E-state index < -0.39 is 0 Å². The van der Waals surface area contributed by atoms with E-state index in [2.05, 4.69) is 6.07 Å². The minimum absolute atomic E-state index is 0.128. The van der Waals surface area contributed by atoms with Crippen LogP contribution in [0.25, 0.3) is 0 Å².